The number of aromatic nitrogens is 6. The van der Waals surface area contributed by atoms with Gasteiger partial charge >= 0.3 is 0 Å². The molecule has 5 heterocycles. The maximum Gasteiger partial charge on any atom is 0.224 e. The number of carbonyl (C=O) groups excluding carboxylic acids is 1. The van der Waals surface area contributed by atoms with Gasteiger partial charge in [-0.3, -0.25) is 19.9 Å². The first-order valence-electron chi connectivity index (χ1n) is 12.8. The summed E-state index contributed by atoms with van der Waals surface area (Å²) in [6.07, 6.45) is 10.9. The predicted molar refractivity (Wildman–Crippen MR) is 150 cm³/mol. The summed E-state index contributed by atoms with van der Waals surface area (Å²) in [7, 11) is 0. The molecular weight excluding hydrogens is 493 g/mol. The second-order valence-electron chi connectivity index (χ2n) is 9.65. The number of rotatable bonds is 7. The van der Waals surface area contributed by atoms with Gasteiger partial charge < -0.3 is 10.3 Å². The summed E-state index contributed by atoms with van der Waals surface area (Å²) in [5.41, 5.74) is 7.70. The van der Waals surface area contributed by atoms with E-state index in [-0.39, 0.29) is 11.7 Å². The molecule has 5 aromatic heterocycles. The first-order valence-corrected chi connectivity index (χ1v) is 12.8. The van der Waals surface area contributed by atoms with Crippen molar-refractivity contribution in [1.82, 2.24) is 30.1 Å². The van der Waals surface area contributed by atoms with E-state index in [1.54, 1.807) is 31.0 Å². The van der Waals surface area contributed by atoms with E-state index in [4.69, 9.17) is 0 Å². The van der Waals surface area contributed by atoms with Gasteiger partial charge in [0, 0.05) is 52.5 Å². The van der Waals surface area contributed by atoms with Gasteiger partial charge in [0.1, 0.15) is 11.5 Å². The van der Waals surface area contributed by atoms with Crippen LogP contribution in [0.1, 0.15) is 31.7 Å². The number of hydrogen-bond donors (Lipinski definition) is 3. The quantitative estimate of drug-likeness (QED) is 0.215. The number of unbranched alkanes of at least 4 members (excludes halogenated alkanes) is 1. The zero-order valence-electron chi connectivity index (χ0n) is 21.5. The Morgan fingerprint density at radius 2 is 1.77 bits per heavy atom. The van der Waals surface area contributed by atoms with E-state index in [2.05, 4.69) is 42.4 Å². The summed E-state index contributed by atoms with van der Waals surface area (Å²) >= 11 is 0. The van der Waals surface area contributed by atoms with Gasteiger partial charge in [-0.25, -0.2) is 9.37 Å². The highest BCUT2D eigenvalue weighted by Gasteiger charge is 2.16. The fourth-order valence-electron chi connectivity index (χ4n) is 4.79. The fourth-order valence-corrected chi connectivity index (χ4v) is 4.79. The van der Waals surface area contributed by atoms with Crippen molar-refractivity contribution in [2.24, 2.45) is 0 Å². The van der Waals surface area contributed by atoms with Crippen LogP contribution >= 0.6 is 0 Å². The number of halogens is 1. The van der Waals surface area contributed by atoms with E-state index in [0.29, 0.717) is 23.4 Å². The number of benzene rings is 1. The van der Waals surface area contributed by atoms with Crippen LogP contribution in [0.2, 0.25) is 0 Å². The molecule has 0 radical (unpaired) electrons. The van der Waals surface area contributed by atoms with Crippen LogP contribution in [0.25, 0.3) is 55.6 Å². The van der Waals surface area contributed by atoms with Gasteiger partial charge in [-0.15, -0.1) is 0 Å². The van der Waals surface area contributed by atoms with Crippen molar-refractivity contribution in [2.45, 2.75) is 33.1 Å². The van der Waals surface area contributed by atoms with Crippen LogP contribution in [-0.2, 0) is 4.79 Å². The molecule has 8 nitrogen and oxygen atoms in total. The fraction of sp³-hybridized carbons (Fsp3) is 0.167. The van der Waals surface area contributed by atoms with Crippen LogP contribution in [0.4, 0.5) is 10.1 Å². The normalized spacial score (nSPS) is 11.4. The van der Waals surface area contributed by atoms with Crippen LogP contribution in [0.3, 0.4) is 0 Å². The lowest BCUT2D eigenvalue weighted by molar-refractivity contribution is -0.116. The average molecular weight is 520 g/mol. The first kappa shape index (κ1) is 24.4. The third kappa shape index (κ3) is 4.86. The SMILES string of the molecule is CCCCC(=O)Nc1cncc(-c2cnc3[nH]nc(-c4cc5c(-c6cc(C)cc(F)c6)cncc5[nH]4)c3c2)c1. The van der Waals surface area contributed by atoms with Crippen molar-refractivity contribution < 1.29 is 9.18 Å². The van der Waals surface area contributed by atoms with E-state index in [9.17, 15) is 9.18 Å². The van der Waals surface area contributed by atoms with Gasteiger partial charge in [-0.2, -0.15) is 5.10 Å². The Hall–Kier alpha value is -4.92. The van der Waals surface area contributed by atoms with Crippen LogP contribution < -0.4 is 5.32 Å². The van der Waals surface area contributed by atoms with E-state index < -0.39 is 0 Å². The molecule has 194 valence electrons. The van der Waals surface area contributed by atoms with Crippen LogP contribution in [0, 0.1) is 12.7 Å². The highest BCUT2D eigenvalue weighted by Crippen LogP contribution is 2.35. The van der Waals surface area contributed by atoms with Gasteiger partial charge in [-0.05, 0) is 54.8 Å². The molecule has 0 aliphatic carbocycles. The monoisotopic (exact) mass is 519 g/mol. The Kier molecular flexibility index (Phi) is 6.32. The molecule has 3 N–H and O–H groups in total. The number of amides is 1. The third-order valence-corrected chi connectivity index (χ3v) is 6.68. The Labute approximate surface area is 223 Å². The molecule has 9 heteroatoms. The van der Waals surface area contributed by atoms with E-state index >= 15 is 0 Å². The molecule has 6 aromatic rings. The molecule has 0 bridgehead atoms. The molecule has 0 spiro atoms. The Balaban J connectivity index is 1.38. The smallest absolute Gasteiger partial charge is 0.224 e. The summed E-state index contributed by atoms with van der Waals surface area (Å²) in [5, 5.41) is 12.2. The van der Waals surface area contributed by atoms with Gasteiger partial charge in [0.2, 0.25) is 5.91 Å². The average Bonchev–Trinajstić information content (AvgIpc) is 3.55. The van der Waals surface area contributed by atoms with Crippen molar-refractivity contribution in [3.63, 3.8) is 0 Å². The number of hydrogen-bond acceptors (Lipinski definition) is 5. The standard InChI is InChI=1S/C30H26FN7O/c1-3-4-5-28(39)35-22-9-19(12-32-14-22)20-10-24-29(37-38-30(24)34-13-20)26-11-23-25(15-33-16-27(23)36-26)18-6-17(2)7-21(31)8-18/h6-16,36H,3-5H2,1-2H3,(H,35,39)(H,34,37,38). The van der Waals surface area contributed by atoms with Gasteiger partial charge in [0.05, 0.1) is 29.3 Å². The second kappa shape index (κ2) is 10.1. The minimum atomic E-state index is -0.284. The molecule has 6 rings (SSSR count). The number of nitrogens with zero attached hydrogens (tertiary/aromatic N) is 4. The summed E-state index contributed by atoms with van der Waals surface area (Å²) in [5.74, 6) is -0.309. The maximum absolute atomic E-state index is 14.2. The molecule has 0 atom stereocenters. The number of carbonyl (C=O) groups is 1. The minimum Gasteiger partial charge on any atom is -0.352 e. The van der Waals surface area contributed by atoms with Crippen molar-refractivity contribution >= 4 is 33.5 Å². The van der Waals surface area contributed by atoms with Crippen molar-refractivity contribution in [3.05, 3.63) is 78.8 Å². The van der Waals surface area contributed by atoms with Crippen LogP contribution in [0.15, 0.2) is 67.4 Å². The zero-order chi connectivity index (χ0) is 26.9. The highest BCUT2D eigenvalue weighted by molar-refractivity contribution is 6.00. The van der Waals surface area contributed by atoms with E-state index in [0.717, 1.165) is 62.6 Å². The number of fused-ring (bicyclic) bond motifs is 2. The Bertz CT molecular complexity index is 1820. The molecule has 0 saturated carbocycles. The summed E-state index contributed by atoms with van der Waals surface area (Å²) < 4.78 is 14.2. The van der Waals surface area contributed by atoms with Gasteiger partial charge in [0.25, 0.3) is 0 Å². The Morgan fingerprint density at radius 3 is 2.62 bits per heavy atom. The number of aryl methyl sites for hydroxylation is 1. The molecule has 1 amide bonds. The third-order valence-electron chi connectivity index (χ3n) is 6.68. The minimum absolute atomic E-state index is 0.0254. The van der Waals surface area contributed by atoms with Crippen molar-refractivity contribution in [3.8, 4) is 33.6 Å². The van der Waals surface area contributed by atoms with Gasteiger partial charge in [0.15, 0.2) is 5.65 Å². The van der Waals surface area contributed by atoms with Crippen LogP contribution in [0.5, 0.6) is 0 Å². The second-order valence-corrected chi connectivity index (χ2v) is 9.65. The summed E-state index contributed by atoms with van der Waals surface area (Å²) in [6, 6.07) is 10.9. The molecule has 0 aliphatic rings. The van der Waals surface area contributed by atoms with E-state index in [1.165, 1.54) is 12.1 Å². The lowest BCUT2D eigenvalue weighted by atomic mass is 10.0. The molecule has 0 saturated heterocycles. The zero-order valence-corrected chi connectivity index (χ0v) is 21.5. The predicted octanol–water partition coefficient (Wildman–Crippen LogP) is 6.81. The Morgan fingerprint density at radius 1 is 0.923 bits per heavy atom. The van der Waals surface area contributed by atoms with Gasteiger partial charge in [-0.1, -0.05) is 19.4 Å². The van der Waals surface area contributed by atoms with Crippen molar-refractivity contribution in [2.75, 3.05) is 5.32 Å². The molecule has 0 fully saturated rings. The van der Waals surface area contributed by atoms with Crippen LogP contribution in [-0.4, -0.2) is 36.0 Å². The number of pyridine rings is 3. The molecule has 0 aliphatic heterocycles. The highest BCUT2D eigenvalue weighted by atomic mass is 19.1. The lowest BCUT2D eigenvalue weighted by Gasteiger charge is -2.07. The summed E-state index contributed by atoms with van der Waals surface area (Å²) in [4.78, 5) is 28.9. The molecular formula is C30H26FN7O. The topological polar surface area (TPSA) is 112 Å². The number of aromatic amines is 2. The number of nitrogens with one attached hydrogen (secondary N) is 3. The largest absolute Gasteiger partial charge is 0.352 e. The van der Waals surface area contributed by atoms with E-state index in [1.807, 2.05) is 31.2 Å². The lowest BCUT2D eigenvalue weighted by Crippen LogP contribution is -2.11. The number of H-pyrrole nitrogens is 2. The van der Waals surface area contributed by atoms with Crippen molar-refractivity contribution in [1.29, 1.82) is 0 Å². The summed E-state index contributed by atoms with van der Waals surface area (Å²) in [6.45, 7) is 3.92. The number of anilines is 1. The maximum atomic E-state index is 14.2. The molecule has 0 unspecified atom stereocenters. The molecule has 1 aromatic carbocycles. The first-order chi connectivity index (χ1) is 19.0. The molecule has 39 heavy (non-hydrogen) atoms.